The molecule has 0 saturated heterocycles. The molecule has 0 amide bonds. The number of carbonyl (C=O) groups is 1. The molecule has 2 aromatic carbocycles. The minimum Gasteiger partial charge on any atom is -0.340 e. The number of benzene rings is 2. The Morgan fingerprint density at radius 3 is 2.52 bits per heavy atom. The van der Waals surface area contributed by atoms with Crippen LogP contribution in [0.2, 0.25) is 0 Å². The van der Waals surface area contributed by atoms with Gasteiger partial charge in [-0.05, 0) is 42.3 Å². The van der Waals surface area contributed by atoms with Gasteiger partial charge in [-0.15, -0.1) is 0 Å². The molecule has 3 aromatic rings. The maximum atomic E-state index is 13.3. The number of halogens is 1. The zero-order valence-corrected chi connectivity index (χ0v) is 13.0. The Labute approximate surface area is 134 Å². The van der Waals surface area contributed by atoms with Gasteiger partial charge in [0.2, 0.25) is 0 Å². The zero-order valence-electron chi connectivity index (χ0n) is 13.0. The first kappa shape index (κ1) is 15.2. The van der Waals surface area contributed by atoms with E-state index in [1.54, 1.807) is 12.1 Å². The molecule has 3 rings (SSSR count). The Balaban J connectivity index is 2.35. The third kappa shape index (κ3) is 2.82. The molecule has 0 unspecified atom stereocenters. The van der Waals surface area contributed by atoms with Crippen LogP contribution in [0.4, 0.5) is 4.39 Å². The zero-order chi connectivity index (χ0) is 16.2. The summed E-state index contributed by atoms with van der Waals surface area (Å²) in [6.07, 6.45) is 5.11. The number of para-hydroxylation sites is 1. The van der Waals surface area contributed by atoms with E-state index in [1.807, 2.05) is 18.2 Å². The van der Waals surface area contributed by atoms with Gasteiger partial charge >= 0.3 is 0 Å². The predicted molar refractivity (Wildman–Crippen MR) is 92.7 cm³/mol. The molecule has 23 heavy (non-hydrogen) atoms. The van der Waals surface area contributed by atoms with Crippen molar-refractivity contribution in [2.24, 2.45) is 0 Å². The van der Waals surface area contributed by atoms with Gasteiger partial charge in [0, 0.05) is 28.7 Å². The highest BCUT2D eigenvalue weighted by Crippen LogP contribution is 2.36. The van der Waals surface area contributed by atoms with Crippen LogP contribution in [0.15, 0.2) is 54.6 Å². The molecule has 2 nitrogen and oxygen atoms in total. The van der Waals surface area contributed by atoms with Gasteiger partial charge < -0.3 is 4.57 Å². The van der Waals surface area contributed by atoms with Crippen LogP contribution in [0.1, 0.15) is 19.0 Å². The van der Waals surface area contributed by atoms with Crippen molar-refractivity contribution >= 4 is 23.3 Å². The molecular weight excluding hydrogens is 289 g/mol. The fourth-order valence-corrected chi connectivity index (χ4v) is 3.01. The Morgan fingerprint density at radius 2 is 1.83 bits per heavy atom. The van der Waals surface area contributed by atoms with Gasteiger partial charge in [0.1, 0.15) is 12.1 Å². The van der Waals surface area contributed by atoms with Gasteiger partial charge in [0.05, 0.1) is 0 Å². The predicted octanol–water partition coefficient (Wildman–Crippen LogP) is 5.07. The van der Waals surface area contributed by atoms with Crippen molar-refractivity contribution in [2.75, 3.05) is 0 Å². The van der Waals surface area contributed by atoms with E-state index in [2.05, 4.69) is 23.6 Å². The molecule has 0 saturated carbocycles. The van der Waals surface area contributed by atoms with E-state index >= 15 is 0 Å². The number of nitrogens with zero attached hydrogens (tertiary/aromatic N) is 1. The number of fused-ring (bicyclic) bond motifs is 1. The summed E-state index contributed by atoms with van der Waals surface area (Å²) < 4.78 is 15.5. The molecule has 1 heterocycles. The lowest BCUT2D eigenvalue weighted by molar-refractivity contribution is -0.104. The average molecular weight is 307 g/mol. The van der Waals surface area contributed by atoms with E-state index in [4.69, 9.17) is 0 Å². The molecule has 0 N–H and O–H groups in total. The van der Waals surface area contributed by atoms with Gasteiger partial charge in [-0.3, -0.25) is 4.79 Å². The SMILES string of the molecule is CCCn1c(/C=C/C=O)c(-c2ccc(F)cc2)c2ccccc21. The minimum atomic E-state index is -0.254. The van der Waals surface area contributed by atoms with Crippen molar-refractivity contribution in [1.82, 2.24) is 4.57 Å². The van der Waals surface area contributed by atoms with Crippen LogP contribution in [0, 0.1) is 5.82 Å². The number of aromatic nitrogens is 1. The van der Waals surface area contributed by atoms with Crippen molar-refractivity contribution in [3.8, 4) is 11.1 Å². The first-order chi connectivity index (χ1) is 11.3. The molecule has 116 valence electrons. The summed E-state index contributed by atoms with van der Waals surface area (Å²) in [5, 5.41) is 1.11. The van der Waals surface area contributed by atoms with E-state index in [0.717, 1.165) is 47.0 Å². The van der Waals surface area contributed by atoms with Gasteiger partial charge in [-0.25, -0.2) is 4.39 Å². The van der Waals surface area contributed by atoms with Gasteiger partial charge in [-0.1, -0.05) is 37.3 Å². The Morgan fingerprint density at radius 1 is 1.09 bits per heavy atom. The van der Waals surface area contributed by atoms with Gasteiger partial charge in [0.25, 0.3) is 0 Å². The number of aldehydes is 1. The van der Waals surface area contributed by atoms with E-state index in [9.17, 15) is 9.18 Å². The number of rotatable bonds is 5. The highest BCUT2D eigenvalue weighted by atomic mass is 19.1. The van der Waals surface area contributed by atoms with Crippen molar-refractivity contribution in [1.29, 1.82) is 0 Å². The van der Waals surface area contributed by atoms with E-state index < -0.39 is 0 Å². The lowest BCUT2D eigenvalue weighted by atomic mass is 10.0. The first-order valence-corrected chi connectivity index (χ1v) is 7.75. The van der Waals surface area contributed by atoms with Crippen molar-refractivity contribution < 1.29 is 9.18 Å². The quantitative estimate of drug-likeness (QED) is 0.476. The molecule has 1 aromatic heterocycles. The maximum Gasteiger partial charge on any atom is 0.142 e. The van der Waals surface area contributed by atoms with E-state index in [0.29, 0.717) is 0 Å². The third-order valence-electron chi connectivity index (χ3n) is 3.92. The molecule has 0 aliphatic rings. The fraction of sp³-hybridized carbons (Fsp3) is 0.150. The normalized spacial score (nSPS) is 11.4. The lowest BCUT2D eigenvalue weighted by Crippen LogP contribution is -1.99. The van der Waals surface area contributed by atoms with E-state index in [-0.39, 0.29) is 5.82 Å². The molecule has 0 spiro atoms. The molecule has 0 aliphatic carbocycles. The number of allylic oxidation sites excluding steroid dienone is 1. The summed E-state index contributed by atoms with van der Waals surface area (Å²) in [4.78, 5) is 10.8. The van der Waals surface area contributed by atoms with Crippen LogP contribution in [0.5, 0.6) is 0 Å². The molecule has 0 atom stereocenters. The highest BCUT2D eigenvalue weighted by molar-refractivity contribution is 6.01. The Bertz CT molecular complexity index is 859. The number of carbonyl (C=O) groups excluding carboxylic acids is 1. The standard InChI is InChI=1S/C20H18FNO/c1-2-13-22-18-7-4-3-6-17(18)20(19(22)8-5-14-23)15-9-11-16(21)12-10-15/h3-12,14H,2,13H2,1H3/b8-5+. The second-order valence-corrected chi connectivity index (χ2v) is 5.43. The van der Waals surface area contributed by atoms with Crippen LogP contribution in [0.25, 0.3) is 28.1 Å². The highest BCUT2D eigenvalue weighted by Gasteiger charge is 2.16. The average Bonchev–Trinajstić information content (AvgIpc) is 2.88. The van der Waals surface area contributed by atoms with Crippen molar-refractivity contribution in [3.05, 3.63) is 66.1 Å². The summed E-state index contributed by atoms with van der Waals surface area (Å²) in [5.74, 6) is -0.254. The first-order valence-electron chi connectivity index (χ1n) is 7.75. The molecule has 0 aliphatic heterocycles. The van der Waals surface area contributed by atoms with E-state index in [1.165, 1.54) is 18.2 Å². The molecule has 0 fully saturated rings. The fourth-order valence-electron chi connectivity index (χ4n) is 3.01. The summed E-state index contributed by atoms with van der Waals surface area (Å²) in [6, 6.07) is 14.7. The lowest BCUT2D eigenvalue weighted by Gasteiger charge is -2.08. The van der Waals surface area contributed by atoms with Crippen LogP contribution < -0.4 is 0 Å². The minimum absolute atomic E-state index is 0.254. The largest absolute Gasteiger partial charge is 0.340 e. The Hall–Kier alpha value is -2.68. The summed E-state index contributed by atoms with van der Waals surface area (Å²) in [5.41, 5.74) is 4.08. The smallest absolute Gasteiger partial charge is 0.142 e. The van der Waals surface area contributed by atoms with Crippen molar-refractivity contribution in [3.63, 3.8) is 0 Å². The van der Waals surface area contributed by atoms with Crippen LogP contribution in [0.3, 0.4) is 0 Å². The second-order valence-electron chi connectivity index (χ2n) is 5.43. The van der Waals surface area contributed by atoms with Crippen molar-refractivity contribution in [2.45, 2.75) is 19.9 Å². The maximum absolute atomic E-state index is 13.3. The van der Waals surface area contributed by atoms with Crippen LogP contribution in [-0.2, 0) is 11.3 Å². The molecule has 3 heteroatoms. The van der Waals surface area contributed by atoms with Crippen LogP contribution in [-0.4, -0.2) is 10.9 Å². The molecule has 0 radical (unpaired) electrons. The van der Waals surface area contributed by atoms with Gasteiger partial charge in [-0.2, -0.15) is 0 Å². The van der Waals surface area contributed by atoms with Crippen LogP contribution >= 0.6 is 0 Å². The third-order valence-corrected chi connectivity index (χ3v) is 3.92. The monoisotopic (exact) mass is 307 g/mol. The van der Waals surface area contributed by atoms with Gasteiger partial charge in [0.15, 0.2) is 0 Å². The number of aryl methyl sites for hydroxylation is 1. The number of hydrogen-bond acceptors (Lipinski definition) is 1. The molecular formula is C20H18FNO. The molecule has 0 bridgehead atoms. The topological polar surface area (TPSA) is 22.0 Å². The second kappa shape index (κ2) is 6.61. The summed E-state index contributed by atoms with van der Waals surface area (Å²) in [6.45, 7) is 2.99. The summed E-state index contributed by atoms with van der Waals surface area (Å²) in [7, 11) is 0. The Kier molecular flexibility index (Phi) is 4.38. The summed E-state index contributed by atoms with van der Waals surface area (Å²) >= 11 is 0. The number of hydrogen-bond donors (Lipinski definition) is 0.